The van der Waals surface area contributed by atoms with Gasteiger partial charge >= 0.3 is 23.3 Å². The van der Waals surface area contributed by atoms with Crippen molar-refractivity contribution >= 4 is 35.1 Å². The van der Waals surface area contributed by atoms with Crippen molar-refractivity contribution in [3.05, 3.63) is 128 Å². The molecule has 0 aliphatic rings. The van der Waals surface area contributed by atoms with Crippen LogP contribution in [0.2, 0.25) is 0 Å². The molecule has 0 saturated carbocycles. The van der Waals surface area contributed by atoms with Gasteiger partial charge in [0.15, 0.2) is 0 Å². The van der Waals surface area contributed by atoms with Crippen LogP contribution in [0.25, 0.3) is 0 Å². The summed E-state index contributed by atoms with van der Waals surface area (Å²) in [5, 5.41) is 21.4. The lowest BCUT2D eigenvalue weighted by Crippen LogP contribution is -2.09. The number of carbonyl (C=O) groups excluding carboxylic acids is 2. The predicted octanol–water partition coefficient (Wildman–Crippen LogP) is 6.37. The Balaban J connectivity index is 1.34. The van der Waals surface area contributed by atoms with E-state index in [0.717, 1.165) is 46.2 Å². The Hall–Kier alpha value is -5.17. The molecule has 0 heterocycles. The van der Waals surface area contributed by atoms with Crippen molar-refractivity contribution in [3.8, 4) is 11.5 Å². The third-order valence-corrected chi connectivity index (χ3v) is 6.08. The van der Waals surface area contributed by atoms with Gasteiger partial charge in [0.25, 0.3) is 0 Å². The summed E-state index contributed by atoms with van der Waals surface area (Å²) in [6.45, 7) is 0. The minimum atomic E-state index is -1.15. The van der Waals surface area contributed by atoms with Crippen LogP contribution in [0.5, 0.6) is 11.5 Å². The van der Waals surface area contributed by atoms with Gasteiger partial charge in [-0.2, -0.15) is 8.78 Å². The maximum atomic E-state index is 13.8. The first-order chi connectivity index (χ1) is 18.6. The molecule has 0 N–H and O–H groups in total. The monoisotopic (exact) mass is 552 g/mol. The van der Waals surface area contributed by atoms with Crippen molar-refractivity contribution in [2.75, 3.05) is 0 Å². The van der Waals surface area contributed by atoms with Gasteiger partial charge in [-0.25, -0.2) is 9.59 Å². The van der Waals surface area contributed by atoms with E-state index in [1.807, 2.05) is 0 Å². The zero-order chi connectivity index (χ0) is 28.1. The largest absolute Gasteiger partial charge is 0.423 e. The van der Waals surface area contributed by atoms with Gasteiger partial charge in [0.2, 0.25) is 11.6 Å². The van der Waals surface area contributed by atoms with Crippen LogP contribution in [0.1, 0.15) is 20.7 Å². The van der Waals surface area contributed by atoms with Gasteiger partial charge in [-0.15, -0.1) is 0 Å². The van der Waals surface area contributed by atoms with E-state index < -0.39 is 44.8 Å². The molecule has 0 saturated heterocycles. The first-order valence-electron chi connectivity index (χ1n) is 10.8. The molecule has 4 aromatic rings. The maximum absolute atomic E-state index is 13.8. The van der Waals surface area contributed by atoms with Crippen LogP contribution in [0.15, 0.2) is 94.7 Å². The summed E-state index contributed by atoms with van der Waals surface area (Å²) in [6.07, 6.45) is 0. The molecule has 4 rings (SSSR count). The van der Waals surface area contributed by atoms with E-state index in [9.17, 15) is 38.6 Å². The molecule has 196 valence electrons. The topological polar surface area (TPSA) is 139 Å². The molecule has 4 aromatic carbocycles. The molecule has 0 fully saturated rings. The second kappa shape index (κ2) is 11.5. The molecule has 0 aliphatic heterocycles. The number of hydrogen-bond acceptors (Lipinski definition) is 9. The molecule has 0 atom stereocenters. The second-order valence-electron chi connectivity index (χ2n) is 7.67. The summed E-state index contributed by atoms with van der Waals surface area (Å²) >= 11 is 1.34. The van der Waals surface area contributed by atoms with Gasteiger partial charge in [0.1, 0.15) is 11.5 Å². The van der Waals surface area contributed by atoms with Crippen molar-refractivity contribution in [3.63, 3.8) is 0 Å². The zero-order valence-electron chi connectivity index (χ0n) is 19.4. The third-order valence-electron chi connectivity index (χ3n) is 5.06. The van der Waals surface area contributed by atoms with Crippen molar-refractivity contribution in [1.82, 2.24) is 0 Å². The number of nitrogens with zero attached hydrogens (tertiary/aromatic N) is 2. The Kier molecular flexibility index (Phi) is 7.91. The molecule has 13 heteroatoms. The van der Waals surface area contributed by atoms with Crippen LogP contribution >= 0.6 is 11.8 Å². The van der Waals surface area contributed by atoms with Crippen LogP contribution in [0.4, 0.5) is 20.2 Å². The van der Waals surface area contributed by atoms with Crippen molar-refractivity contribution in [2.45, 2.75) is 9.79 Å². The number of hydrogen-bond donors (Lipinski definition) is 0. The minimum absolute atomic E-state index is 0.174. The lowest BCUT2D eigenvalue weighted by atomic mass is 10.2. The van der Waals surface area contributed by atoms with E-state index >= 15 is 0 Å². The molecule has 0 amide bonds. The average Bonchev–Trinajstić information content (AvgIpc) is 2.90. The molecule has 0 unspecified atom stereocenters. The Morgan fingerprint density at radius 3 is 1.28 bits per heavy atom. The van der Waals surface area contributed by atoms with Crippen LogP contribution in [-0.2, 0) is 0 Å². The van der Waals surface area contributed by atoms with Crippen LogP contribution < -0.4 is 9.47 Å². The molecule has 10 nitrogen and oxygen atoms in total. The Labute approximate surface area is 222 Å². The first-order valence-corrected chi connectivity index (χ1v) is 11.6. The third kappa shape index (κ3) is 6.59. The van der Waals surface area contributed by atoms with E-state index in [1.165, 1.54) is 36.0 Å². The van der Waals surface area contributed by atoms with E-state index in [1.54, 1.807) is 24.3 Å². The van der Waals surface area contributed by atoms with E-state index in [2.05, 4.69) is 0 Å². The van der Waals surface area contributed by atoms with Gasteiger partial charge in [-0.1, -0.05) is 11.8 Å². The number of nitro benzene ring substituents is 2. The molecule has 0 radical (unpaired) electrons. The quantitative estimate of drug-likeness (QED) is 0.106. The van der Waals surface area contributed by atoms with Crippen LogP contribution in [0, 0.1) is 31.9 Å². The van der Waals surface area contributed by atoms with E-state index in [4.69, 9.17) is 9.47 Å². The van der Waals surface area contributed by atoms with Gasteiger partial charge < -0.3 is 9.47 Å². The molecular weight excluding hydrogens is 538 g/mol. The van der Waals surface area contributed by atoms with Crippen LogP contribution in [0.3, 0.4) is 0 Å². The Morgan fingerprint density at radius 2 is 0.974 bits per heavy atom. The molecular formula is C26H14F2N2O8S. The molecule has 0 bridgehead atoms. The lowest BCUT2D eigenvalue weighted by molar-refractivity contribution is -0.387. The number of halogens is 2. The second-order valence-corrected chi connectivity index (χ2v) is 8.82. The minimum Gasteiger partial charge on any atom is -0.423 e. The fourth-order valence-corrected chi connectivity index (χ4v) is 4.00. The Bertz CT molecular complexity index is 1480. The van der Waals surface area contributed by atoms with Gasteiger partial charge in [-0.3, -0.25) is 20.2 Å². The smallest absolute Gasteiger partial charge is 0.343 e. The highest BCUT2D eigenvalue weighted by molar-refractivity contribution is 7.99. The predicted molar refractivity (Wildman–Crippen MR) is 133 cm³/mol. The fourth-order valence-electron chi connectivity index (χ4n) is 3.18. The highest BCUT2D eigenvalue weighted by Crippen LogP contribution is 2.31. The molecule has 0 aromatic heterocycles. The average molecular weight is 552 g/mol. The standard InChI is InChI=1S/C26H14F2N2O8S/c27-21-13-15(1-11-23(21)29(33)34)25(31)37-17-3-7-19(8-4-17)39-20-9-5-18(6-10-20)38-26(32)16-2-12-24(30(35)36)22(28)14-16/h1-14H. The molecule has 0 aliphatic carbocycles. The van der Waals surface area contributed by atoms with Gasteiger partial charge in [0.05, 0.1) is 21.0 Å². The summed E-state index contributed by atoms with van der Waals surface area (Å²) in [6, 6.07) is 18.2. The SMILES string of the molecule is O=C(Oc1ccc(Sc2ccc(OC(=O)c3ccc([N+](=O)[O-])c(F)c3)cc2)cc1)c1ccc([N+](=O)[O-])c(F)c1. The summed E-state index contributed by atoms with van der Waals surface area (Å²) in [5.41, 5.74) is -1.87. The van der Waals surface area contributed by atoms with Gasteiger partial charge in [0, 0.05) is 21.9 Å². The number of esters is 2. The lowest BCUT2D eigenvalue weighted by Gasteiger charge is -2.07. The molecule has 0 spiro atoms. The molecule has 39 heavy (non-hydrogen) atoms. The Morgan fingerprint density at radius 1 is 0.615 bits per heavy atom. The van der Waals surface area contributed by atoms with Crippen LogP contribution in [-0.4, -0.2) is 21.8 Å². The van der Waals surface area contributed by atoms with Crippen molar-refractivity contribution < 1.29 is 37.7 Å². The zero-order valence-corrected chi connectivity index (χ0v) is 20.2. The van der Waals surface area contributed by atoms with Crippen molar-refractivity contribution in [2.24, 2.45) is 0 Å². The van der Waals surface area contributed by atoms with Crippen molar-refractivity contribution in [1.29, 1.82) is 0 Å². The van der Waals surface area contributed by atoms with E-state index in [0.29, 0.717) is 0 Å². The number of ether oxygens (including phenoxy) is 2. The highest BCUT2D eigenvalue weighted by atomic mass is 32.2. The maximum Gasteiger partial charge on any atom is 0.343 e. The number of nitro groups is 2. The fraction of sp³-hybridized carbons (Fsp3) is 0. The number of benzene rings is 4. The van der Waals surface area contributed by atoms with E-state index in [-0.39, 0.29) is 22.6 Å². The highest BCUT2D eigenvalue weighted by Gasteiger charge is 2.19. The number of carbonyl (C=O) groups is 2. The normalized spacial score (nSPS) is 10.5. The summed E-state index contributed by atoms with van der Waals surface area (Å²) < 4.78 is 37.9. The first kappa shape index (κ1) is 26.9. The number of rotatable bonds is 8. The summed E-state index contributed by atoms with van der Waals surface area (Å²) in [7, 11) is 0. The summed E-state index contributed by atoms with van der Waals surface area (Å²) in [5.74, 6) is -3.72. The summed E-state index contributed by atoms with van der Waals surface area (Å²) in [4.78, 5) is 45.6. The van der Waals surface area contributed by atoms with Gasteiger partial charge in [-0.05, 0) is 72.8 Å².